The number of hydrogen-bond acceptors (Lipinski definition) is 2. The largest absolute Gasteiger partial charge is 0.361 e. The van der Waals surface area contributed by atoms with Gasteiger partial charge in [-0.3, -0.25) is 4.79 Å². The Labute approximate surface area is 130 Å². The Kier molecular flexibility index (Phi) is 4.24. The molecule has 0 aliphatic carbocycles. The molecule has 1 aliphatic heterocycles. The van der Waals surface area contributed by atoms with Gasteiger partial charge >= 0.3 is 0 Å². The predicted molar refractivity (Wildman–Crippen MR) is 89.7 cm³/mol. The summed E-state index contributed by atoms with van der Waals surface area (Å²) in [5, 5.41) is 1.77. The van der Waals surface area contributed by atoms with Gasteiger partial charge in [-0.05, 0) is 25.0 Å². The highest BCUT2D eigenvalue weighted by Crippen LogP contribution is 2.25. The molecular formula is C17H22N2OS. The van der Waals surface area contributed by atoms with E-state index < -0.39 is 0 Å². The molecule has 21 heavy (non-hydrogen) atoms. The summed E-state index contributed by atoms with van der Waals surface area (Å²) in [5.74, 6) is 1.35. The van der Waals surface area contributed by atoms with Crippen molar-refractivity contribution >= 4 is 28.6 Å². The third kappa shape index (κ3) is 2.95. The van der Waals surface area contributed by atoms with Crippen molar-refractivity contribution in [3.05, 3.63) is 36.0 Å². The lowest BCUT2D eigenvalue weighted by molar-refractivity contribution is -0.133. The number of amides is 1. The molecule has 0 saturated carbocycles. The molecule has 0 bridgehead atoms. The van der Waals surface area contributed by atoms with E-state index in [0.29, 0.717) is 23.6 Å². The van der Waals surface area contributed by atoms with Gasteiger partial charge in [0, 0.05) is 47.1 Å². The molecule has 0 spiro atoms. The van der Waals surface area contributed by atoms with E-state index in [-0.39, 0.29) is 0 Å². The Morgan fingerprint density at radius 3 is 3.05 bits per heavy atom. The van der Waals surface area contributed by atoms with E-state index in [9.17, 15) is 4.79 Å². The fourth-order valence-corrected chi connectivity index (χ4v) is 4.11. The van der Waals surface area contributed by atoms with E-state index in [0.717, 1.165) is 24.2 Å². The number of aromatic amines is 1. The molecule has 2 atom stereocenters. The van der Waals surface area contributed by atoms with Gasteiger partial charge in [0.1, 0.15) is 0 Å². The summed E-state index contributed by atoms with van der Waals surface area (Å²) in [6, 6.07) is 8.62. The van der Waals surface area contributed by atoms with Crippen LogP contribution in [-0.2, 0) is 11.2 Å². The molecule has 112 valence electrons. The molecule has 1 aromatic heterocycles. The van der Waals surface area contributed by atoms with Crippen molar-refractivity contribution in [2.45, 2.75) is 38.0 Å². The number of aryl methyl sites for hydroxylation is 1. The number of hydrogen-bond donors (Lipinski definition) is 1. The summed E-state index contributed by atoms with van der Waals surface area (Å²) in [4.78, 5) is 17.8. The quantitative estimate of drug-likeness (QED) is 0.942. The van der Waals surface area contributed by atoms with Crippen molar-refractivity contribution in [1.29, 1.82) is 0 Å². The van der Waals surface area contributed by atoms with Gasteiger partial charge in [0.25, 0.3) is 0 Å². The number of nitrogens with zero attached hydrogens (tertiary/aromatic N) is 1. The Bertz CT molecular complexity index is 637. The molecule has 1 fully saturated rings. The highest BCUT2D eigenvalue weighted by Gasteiger charge is 2.28. The molecule has 3 rings (SSSR count). The third-order valence-electron chi connectivity index (χ3n) is 4.49. The first-order valence-corrected chi connectivity index (χ1v) is 8.68. The highest BCUT2D eigenvalue weighted by atomic mass is 32.2. The topological polar surface area (TPSA) is 36.1 Å². The van der Waals surface area contributed by atoms with Gasteiger partial charge < -0.3 is 9.88 Å². The second-order valence-corrected chi connectivity index (χ2v) is 7.25. The average Bonchev–Trinajstić information content (AvgIpc) is 2.91. The number of fused-ring (bicyclic) bond motifs is 1. The van der Waals surface area contributed by atoms with E-state index in [1.54, 1.807) is 0 Å². The van der Waals surface area contributed by atoms with Crippen LogP contribution in [0.2, 0.25) is 0 Å². The number of rotatable bonds is 3. The number of carbonyl (C=O) groups excluding carboxylic acids is 1. The maximum atomic E-state index is 12.5. The van der Waals surface area contributed by atoms with Crippen molar-refractivity contribution in [3.8, 4) is 0 Å². The number of para-hydroxylation sites is 1. The smallest absolute Gasteiger partial charge is 0.223 e. The zero-order valence-electron chi connectivity index (χ0n) is 12.6. The first-order valence-electron chi connectivity index (χ1n) is 7.63. The minimum Gasteiger partial charge on any atom is -0.361 e. The molecule has 1 amide bonds. The second-order valence-electron chi connectivity index (χ2n) is 5.76. The van der Waals surface area contributed by atoms with Crippen LogP contribution in [0.25, 0.3) is 10.9 Å². The normalized spacial score (nSPS) is 22.7. The first-order chi connectivity index (χ1) is 10.2. The molecule has 0 radical (unpaired) electrons. The SMILES string of the molecule is CC1SCCN(C(=O)CCc2c[nH]c3ccccc23)C1C. The van der Waals surface area contributed by atoms with Gasteiger partial charge in [-0.1, -0.05) is 25.1 Å². The minimum absolute atomic E-state index is 0.292. The van der Waals surface area contributed by atoms with Crippen LogP contribution in [0.3, 0.4) is 0 Å². The van der Waals surface area contributed by atoms with Crippen molar-refractivity contribution in [1.82, 2.24) is 9.88 Å². The summed E-state index contributed by atoms with van der Waals surface area (Å²) in [7, 11) is 0. The number of carbonyl (C=O) groups is 1. The lowest BCUT2D eigenvalue weighted by Crippen LogP contribution is -2.48. The fraction of sp³-hybridized carbons (Fsp3) is 0.471. The predicted octanol–water partition coefficient (Wildman–Crippen LogP) is 3.45. The summed E-state index contributed by atoms with van der Waals surface area (Å²) in [5.41, 5.74) is 2.39. The van der Waals surface area contributed by atoms with Crippen LogP contribution >= 0.6 is 11.8 Å². The average molecular weight is 302 g/mol. The zero-order chi connectivity index (χ0) is 14.8. The van der Waals surface area contributed by atoms with Crippen LogP contribution in [0.1, 0.15) is 25.8 Å². The zero-order valence-corrected chi connectivity index (χ0v) is 13.5. The number of benzene rings is 1. The number of H-pyrrole nitrogens is 1. The van der Waals surface area contributed by atoms with E-state index in [2.05, 4.69) is 35.9 Å². The lowest BCUT2D eigenvalue weighted by Gasteiger charge is -2.37. The molecule has 1 saturated heterocycles. The molecule has 2 heterocycles. The van der Waals surface area contributed by atoms with Crippen LogP contribution in [0, 0.1) is 0 Å². The van der Waals surface area contributed by atoms with Crippen LogP contribution < -0.4 is 0 Å². The van der Waals surface area contributed by atoms with Crippen molar-refractivity contribution in [3.63, 3.8) is 0 Å². The van der Waals surface area contributed by atoms with Gasteiger partial charge in [-0.2, -0.15) is 11.8 Å². The van der Waals surface area contributed by atoms with Gasteiger partial charge in [-0.15, -0.1) is 0 Å². The second kappa shape index (κ2) is 6.14. The van der Waals surface area contributed by atoms with E-state index in [1.807, 2.05) is 30.1 Å². The fourth-order valence-electron chi connectivity index (χ4n) is 3.01. The van der Waals surface area contributed by atoms with Gasteiger partial charge in [0.15, 0.2) is 0 Å². The van der Waals surface area contributed by atoms with Crippen LogP contribution in [0.4, 0.5) is 0 Å². The van der Waals surface area contributed by atoms with Gasteiger partial charge in [0.2, 0.25) is 5.91 Å². The molecule has 1 aliphatic rings. The van der Waals surface area contributed by atoms with Crippen LogP contribution in [0.5, 0.6) is 0 Å². The maximum Gasteiger partial charge on any atom is 0.223 e. The Morgan fingerprint density at radius 1 is 1.38 bits per heavy atom. The Morgan fingerprint density at radius 2 is 2.19 bits per heavy atom. The maximum absolute atomic E-state index is 12.5. The van der Waals surface area contributed by atoms with Crippen LogP contribution in [0.15, 0.2) is 30.5 Å². The van der Waals surface area contributed by atoms with E-state index in [4.69, 9.17) is 0 Å². The Balaban J connectivity index is 1.66. The highest BCUT2D eigenvalue weighted by molar-refractivity contribution is 8.00. The number of nitrogens with one attached hydrogen (secondary N) is 1. The molecule has 1 aromatic carbocycles. The van der Waals surface area contributed by atoms with Crippen molar-refractivity contribution in [2.75, 3.05) is 12.3 Å². The van der Waals surface area contributed by atoms with E-state index in [1.165, 1.54) is 10.9 Å². The minimum atomic E-state index is 0.292. The number of aromatic nitrogens is 1. The molecule has 3 nitrogen and oxygen atoms in total. The molecule has 2 unspecified atom stereocenters. The summed E-state index contributed by atoms with van der Waals surface area (Å²) < 4.78 is 0. The van der Waals surface area contributed by atoms with Crippen molar-refractivity contribution in [2.24, 2.45) is 0 Å². The van der Waals surface area contributed by atoms with Crippen molar-refractivity contribution < 1.29 is 4.79 Å². The summed E-state index contributed by atoms with van der Waals surface area (Å²) in [6.07, 6.45) is 3.45. The molecular weight excluding hydrogens is 280 g/mol. The Hall–Kier alpha value is -1.42. The standard InChI is InChI=1S/C17H22N2OS/c1-12-13(2)21-10-9-19(12)17(20)8-7-14-11-18-16-6-4-3-5-15(14)16/h3-6,11-13,18H,7-10H2,1-2H3. The molecule has 2 aromatic rings. The molecule has 1 N–H and O–H groups in total. The monoisotopic (exact) mass is 302 g/mol. The third-order valence-corrected chi connectivity index (χ3v) is 5.83. The number of thioether (sulfide) groups is 1. The summed E-state index contributed by atoms with van der Waals surface area (Å²) >= 11 is 1.97. The first kappa shape index (κ1) is 14.5. The van der Waals surface area contributed by atoms with Gasteiger partial charge in [-0.25, -0.2) is 0 Å². The summed E-state index contributed by atoms with van der Waals surface area (Å²) in [6.45, 7) is 5.28. The lowest BCUT2D eigenvalue weighted by atomic mass is 10.1. The van der Waals surface area contributed by atoms with Crippen LogP contribution in [-0.4, -0.2) is 39.4 Å². The van der Waals surface area contributed by atoms with Gasteiger partial charge in [0.05, 0.1) is 0 Å². The van der Waals surface area contributed by atoms with E-state index >= 15 is 0 Å². The molecule has 4 heteroatoms.